The summed E-state index contributed by atoms with van der Waals surface area (Å²) < 4.78 is 25.0. The predicted octanol–water partition coefficient (Wildman–Crippen LogP) is 3.17. The van der Waals surface area contributed by atoms with E-state index in [0.29, 0.717) is 13.0 Å². The maximum absolute atomic E-state index is 13.7. The molecule has 0 heterocycles. The first-order chi connectivity index (χ1) is 15.3. The Bertz CT molecular complexity index is 1190. The zero-order valence-electron chi connectivity index (χ0n) is 17.3. The SMILES string of the molecule is O=C(NCCc1cccc2ccccc12)[C@H](CC#Cc1ccccc1F)NCP(=O)(O)O. The van der Waals surface area contributed by atoms with Crippen molar-refractivity contribution >= 4 is 24.3 Å². The molecule has 3 rings (SSSR count). The number of halogens is 1. The molecule has 1 atom stereocenters. The molecule has 4 N–H and O–H groups in total. The van der Waals surface area contributed by atoms with Gasteiger partial charge in [-0.25, -0.2) is 4.39 Å². The van der Waals surface area contributed by atoms with Gasteiger partial charge in [-0.1, -0.05) is 66.4 Å². The van der Waals surface area contributed by atoms with Gasteiger partial charge in [-0.15, -0.1) is 0 Å². The lowest BCUT2D eigenvalue weighted by molar-refractivity contribution is -0.122. The molecule has 0 radical (unpaired) electrons. The van der Waals surface area contributed by atoms with Gasteiger partial charge >= 0.3 is 7.60 Å². The molecule has 3 aromatic carbocycles. The third-order valence-electron chi connectivity index (χ3n) is 4.84. The van der Waals surface area contributed by atoms with Crippen LogP contribution in [0.2, 0.25) is 0 Å². The van der Waals surface area contributed by atoms with Crippen molar-refractivity contribution in [2.24, 2.45) is 0 Å². The van der Waals surface area contributed by atoms with Crippen LogP contribution < -0.4 is 10.6 Å². The van der Waals surface area contributed by atoms with E-state index in [4.69, 9.17) is 9.79 Å². The first kappa shape index (κ1) is 23.6. The van der Waals surface area contributed by atoms with Crippen molar-refractivity contribution in [1.29, 1.82) is 0 Å². The number of hydrogen-bond donors (Lipinski definition) is 4. The van der Waals surface area contributed by atoms with Gasteiger partial charge in [0.15, 0.2) is 0 Å². The molecule has 6 nitrogen and oxygen atoms in total. The summed E-state index contributed by atoms with van der Waals surface area (Å²) in [4.78, 5) is 30.9. The number of carbonyl (C=O) groups excluding carboxylic acids is 1. The summed E-state index contributed by atoms with van der Waals surface area (Å²) in [6.45, 7) is 0.349. The highest BCUT2D eigenvalue weighted by Gasteiger charge is 2.21. The van der Waals surface area contributed by atoms with E-state index in [1.165, 1.54) is 12.1 Å². The highest BCUT2D eigenvalue weighted by molar-refractivity contribution is 7.51. The molecule has 0 aliphatic heterocycles. The quantitative estimate of drug-likeness (QED) is 0.310. The van der Waals surface area contributed by atoms with E-state index in [-0.39, 0.29) is 12.0 Å². The molecule has 0 unspecified atom stereocenters. The Morgan fingerprint density at radius 2 is 1.75 bits per heavy atom. The summed E-state index contributed by atoms with van der Waals surface area (Å²) in [7, 11) is -4.36. The van der Waals surface area contributed by atoms with Gasteiger partial charge in [0.2, 0.25) is 5.91 Å². The molecule has 8 heteroatoms. The van der Waals surface area contributed by atoms with Gasteiger partial charge in [-0.3, -0.25) is 14.7 Å². The Labute approximate surface area is 186 Å². The molecule has 0 aliphatic carbocycles. The minimum atomic E-state index is -4.36. The second-order valence-corrected chi connectivity index (χ2v) is 8.89. The zero-order chi connectivity index (χ0) is 23.0. The highest BCUT2D eigenvalue weighted by atomic mass is 31.2. The van der Waals surface area contributed by atoms with Gasteiger partial charge in [0.1, 0.15) is 5.82 Å². The number of carbonyl (C=O) groups is 1. The van der Waals surface area contributed by atoms with Gasteiger partial charge in [0.05, 0.1) is 17.9 Å². The van der Waals surface area contributed by atoms with E-state index in [2.05, 4.69) is 22.5 Å². The van der Waals surface area contributed by atoms with Gasteiger partial charge in [0, 0.05) is 13.0 Å². The summed E-state index contributed by atoms with van der Waals surface area (Å²) in [5.41, 5.74) is 1.28. The van der Waals surface area contributed by atoms with Crippen LogP contribution in [-0.4, -0.2) is 34.6 Å². The minimum absolute atomic E-state index is 0.0333. The Morgan fingerprint density at radius 1 is 1.03 bits per heavy atom. The average molecular weight is 454 g/mol. The monoisotopic (exact) mass is 454 g/mol. The molecule has 0 aromatic heterocycles. The highest BCUT2D eigenvalue weighted by Crippen LogP contribution is 2.32. The number of nitrogens with one attached hydrogen (secondary N) is 2. The van der Waals surface area contributed by atoms with Crippen LogP contribution >= 0.6 is 7.60 Å². The second-order valence-electron chi connectivity index (χ2n) is 7.24. The molecular formula is C24H24FN2O4P. The van der Waals surface area contributed by atoms with Gasteiger partial charge in [0.25, 0.3) is 0 Å². The topological polar surface area (TPSA) is 98.7 Å². The Hall–Kier alpha value is -3.01. The molecule has 0 aliphatic rings. The van der Waals surface area contributed by atoms with Crippen LogP contribution in [0.4, 0.5) is 4.39 Å². The lowest BCUT2D eigenvalue weighted by Gasteiger charge is -2.17. The largest absolute Gasteiger partial charge is 0.354 e. The van der Waals surface area contributed by atoms with Gasteiger partial charge < -0.3 is 15.1 Å². The molecule has 0 saturated carbocycles. The van der Waals surface area contributed by atoms with Crippen molar-refractivity contribution in [2.75, 3.05) is 12.8 Å². The molecule has 166 valence electrons. The fraction of sp³-hybridized carbons (Fsp3) is 0.208. The first-order valence-corrected chi connectivity index (χ1v) is 11.9. The molecule has 0 saturated heterocycles. The van der Waals surface area contributed by atoms with E-state index >= 15 is 0 Å². The van der Waals surface area contributed by atoms with Crippen LogP contribution in [0.15, 0.2) is 66.7 Å². The fourth-order valence-electron chi connectivity index (χ4n) is 3.25. The number of rotatable bonds is 8. The van der Waals surface area contributed by atoms with Crippen LogP contribution in [0.5, 0.6) is 0 Å². The summed E-state index contributed by atoms with van der Waals surface area (Å²) in [5, 5.41) is 7.58. The molecular weight excluding hydrogens is 430 g/mol. The number of hydrogen-bond acceptors (Lipinski definition) is 3. The average Bonchev–Trinajstić information content (AvgIpc) is 2.76. The third-order valence-corrected chi connectivity index (χ3v) is 5.43. The molecule has 0 bridgehead atoms. The number of amides is 1. The molecule has 0 spiro atoms. The summed E-state index contributed by atoms with van der Waals surface area (Å²) in [5.74, 6) is 4.48. The number of fused-ring (bicyclic) bond motifs is 1. The van der Waals surface area contributed by atoms with E-state index in [0.717, 1.165) is 16.3 Å². The van der Waals surface area contributed by atoms with Crippen molar-refractivity contribution in [3.05, 3.63) is 83.7 Å². The maximum Gasteiger partial charge on any atom is 0.339 e. The normalized spacial score (nSPS) is 12.1. The van der Waals surface area contributed by atoms with Crippen molar-refractivity contribution in [3.8, 4) is 11.8 Å². The molecule has 32 heavy (non-hydrogen) atoms. The predicted molar refractivity (Wildman–Crippen MR) is 122 cm³/mol. The summed E-state index contributed by atoms with van der Waals surface area (Å²) in [6.07, 6.45) is -0.0938. The Kier molecular flexibility index (Phi) is 8.15. The first-order valence-electron chi connectivity index (χ1n) is 10.1. The van der Waals surface area contributed by atoms with Crippen LogP contribution in [0.3, 0.4) is 0 Å². The minimum Gasteiger partial charge on any atom is -0.354 e. The zero-order valence-corrected chi connectivity index (χ0v) is 18.2. The van der Waals surface area contributed by atoms with Crippen LogP contribution in [0, 0.1) is 17.7 Å². The smallest absolute Gasteiger partial charge is 0.339 e. The van der Waals surface area contributed by atoms with E-state index < -0.39 is 31.6 Å². The van der Waals surface area contributed by atoms with Crippen molar-refractivity contribution < 1.29 is 23.5 Å². The van der Waals surface area contributed by atoms with Gasteiger partial charge in [-0.05, 0) is 34.9 Å². The van der Waals surface area contributed by atoms with Crippen molar-refractivity contribution in [3.63, 3.8) is 0 Å². The van der Waals surface area contributed by atoms with E-state index in [1.54, 1.807) is 12.1 Å². The van der Waals surface area contributed by atoms with Gasteiger partial charge in [-0.2, -0.15) is 0 Å². The molecule has 0 fully saturated rings. The summed E-state index contributed by atoms with van der Waals surface area (Å²) >= 11 is 0. The standard InChI is InChI=1S/C24H24FN2O4P/c25-22-13-4-2-8-20(22)11-6-14-23(27-17-32(29,30)31)24(28)26-16-15-19-10-5-9-18-7-1-3-12-21(18)19/h1-5,7-10,12-13,23,27H,14-17H2,(H,26,28)(H2,29,30,31)/t23-/m0/s1. The van der Waals surface area contributed by atoms with Crippen molar-refractivity contribution in [1.82, 2.24) is 10.6 Å². The summed E-state index contributed by atoms with van der Waals surface area (Å²) in [6, 6.07) is 19.0. The lowest BCUT2D eigenvalue weighted by Crippen LogP contribution is -2.44. The maximum atomic E-state index is 13.7. The molecule has 1 amide bonds. The Morgan fingerprint density at radius 3 is 2.53 bits per heavy atom. The lowest BCUT2D eigenvalue weighted by atomic mass is 10.0. The van der Waals surface area contributed by atoms with Crippen LogP contribution in [0.1, 0.15) is 17.5 Å². The van der Waals surface area contributed by atoms with Crippen LogP contribution in [-0.2, 0) is 15.8 Å². The van der Waals surface area contributed by atoms with Crippen molar-refractivity contribution in [2.45, 2.75) is 18.9 Å². The number of benzene rings is 3. The van der Waals surface area contributed by atoms with E-state index in [1.807, 2.05) is 42.5 Å². The van der Waals surface area contributed by atoms with E-state index in [9.17, 15) is 13.8 Å². The Balaban J connectivity index is 1.64. The third kappa shape index (κ3) is 7.01. The van der Waals surface area contributed by atoms with Crippen LogP contribution in [0.25, 0.3) is 10.8 Å². The second kappa shape index (κ2) is 11.0. The molecule has 3 aromatic rings. The fourth-order valence-corrected chi connectivity index (χ4v) is 3.71.